The maximum atomic E-state index is 12.9. The van der Waals surface area contributed by atoms with Crippen molar-refractivity contribution in [3.63, 3.8) is 0 Å². The SMILES string of the molecule is C/C=C(\C#N)C(=O)N1CCC[C@@H](c2nc(-c3ccc(Oc4ccccc4)cc3C)c3c(N)nccn23)C1. The number of aryl methyl sites for hydroxylation is 1. The fraction of sp³-hybridized carbons (Fsp3) is 0.241. The molecule has 2 aromatic carbocycles. The number of aromatic nitrogens is 3. The van der Waals surface area contributed by atoms with Gasteiger partial charge in [-0.1, -0.05) is 24.3 Å². The fourth-order valence-corrected chi connectivity index (χ4v) is 4.93. The van der Waals surface area contributed by atoms with Crippen LogP contribution in [-0.4, -0.2) is 38.3 Å². The van der Waals surface area contributed by atoms with E-state index in [0.29, 0.717) is 18.9 Å². The van der Waals surface area contributed by atoms with Gasteiger partial charge in [0.2, 0.25) is 0 Å². The Morgan fingerprint density at radius 1 is 1.22 bits per heavy atom. The van der Waals surface area contributed by atoms with E-state index in [1.54, 1.807) is 24.1 Å². The molecule has 5 rings (SSSR count). The fourth-order valence-electron chi connectivity index (χ4n) is 4.93. The lowest BCUT2D eigenvalue weighted by Crippen LogP contribution is -2.40. The molecule has 4 aromatic rings. The van der Waals surface area contributed by atoms with Gasteiger partial charge in [-0.3, -0.25) is 9.20 Å². The molecule has 0 aliphatic carbocycles. The molecule has 0 saturated carbocycles. The average molecular weight is 493 g/mol. The number of fused-ring (bicyclic) bond motifs is 1. The van der Waals surface area contributed by atoms with E-state index in [1.807, 2.05) is 72.1 Å². The first-order valence-corrected chi connectivity index (χ1v) is 12.3. The van der Waals surface area contributed by atoms with Crippen molar-refractivity contribution in [1.29, 1.82) is 5.26 Å². The number of rotatable bonds is 5. The molecule has 8 heteroatoms. The largest absolute Gasteiger partial charge is 0.457 e. The number of nitrogen functional groups attached to an aromatic ring is 1. The van der Waals surface area contributed by atoms with Crippen molar-refractivity contribution in [2.45, 2.75) is 32.6 Å². The Morgan fingerprint density at radius 3 is 2.76 bits per heavy atom. The molecule has 1 saturated heterocycles. The van der Waals surface area contributed by atoms with E-state index in [0.717, 1.165) is 52.5 Å². The number of carbonyl (C=O) groups excluding carboxylic acids is 1. The molecule has 0 spiro atoms. The zero-order valence-corrected chi connectivity index (χ0v) is 20.9. The lowest BCUT2D eigenvalue weighted by Gasteiger charge is -2.32. The van der Waals surface area contributed by atoms with Crippen LogP contribution in [0.3, 0.4) is 0 Å². The van der Waals surface area contributed by atoms with Crippen molar-refractivity contribution in [3.05, 3.63) is 84.0 Å². The average Bonchev–Trinajstić information content (AvgIpc) is 3.31. The van der Waals surface area contributed by atoms with Crippen molar-refractivity contribution < 1.29 is 9.53 Å². The highest BCUT2D eigenvalue weighted by molar-refractivity contribution is 5.97. The molecule has 186 valence electrons. The summed E-state index contributed by atoms with van der Waals surface area (Å²) in [7, 11) is 0. The molecule has 2 aromatic heterocycles. The molecule has 1 aliphatic heterocycles. The number of anilines is 1. The second kappa shape index (κ2) is 10.2. The number of likely N-dealkylation sites (tertiary alicyclic amines) is 1. The number of nitriles is 1. The molecule has 0 bridgehead atoms. The number of para-hydroxylation sites is 1. The zero-order valence-electron chi connectivity index (χ0n) is 20.9. The van der Waals surface area contributed by atoms with Gasteiger partial charge in [0.05, 0.1) is 0 Å². The predicted molar refractivity (Wildman–Crippen MR) is 142 cm³/mol. The topological polar surface area (TPSA) is 110 Å². The van der Waals surface area contributed by atoms with Crippen LogP contribution >= 0.6 is 0 Å². The summed E-state index contributed by atoms with van der Waals surface area (Å²) < 4.78 is 8.00. The van der Waals surface area contributed by atoms with Crippen molar-refractivity contribution in [2.24, 2.45) is 0 Å². The van der Waals surface area contributed by atoms with Gasteiger partial charge in [0.1, 0.15) is 46.0 Å². The summed E-state index contributed by atoms with van der Waals surface area (Å²) in [6.07, 6.45) is 6.81. The zero-order chi connectivity index (χ0) is 25.9. The molecule has 1 atom stereocenters. The summed E-state index contributed by atoms with van der Waals surface area (Å²) in [5, 5.41) is 9.33. The van der Waals surface area contributed by atoms with Crippen molar-refractivity contribution in [3.8, 4) is 28.8 Å². The molecular weight excluding hydrogens is 464 g/mol. The molecule has 37 heavy (non-hydrogen) atoms. The van der Waals surface area contributed by atoms with Crippen LogP contribution in [-0.2, 0) is 4.79 Å². The highest BCUT2D eigenvalue weighted by Gasteiger charge is 2.30. The molecule has 0 radical (unpaired) electrons. The maximum Gasteiger partial charge on any atom is 0.264 e. The van der Waals surface area contributed by atoms with E-state index in [4.69, 9.17) is 15.5 Å². The van der Waals surface area contributed by atoms with Crippen molar-refractivity contribution >= 4 is 17.2 Å². The van der Waals surface area contributed by atoms with Gasteiger partial charge < -0.3 is 15.4 Å². The molecule has 3 heterocycles. The number of hydrogen-bond acceptors (Lipinski definition) is 6. The molecule has 1 fully saturated rings. The van der Waals surface area contributed by atoms with E-state index < -0.39 is 0 Å². The van der Waals surface area contributed by atoms with Crippen LogP contribution in [0.4, 0.5) is 5.82 Å². The number of carbonyl (C=O) groups is 1. The third kappa shape index (κ3) is 4.64. The minimum atomic E-state index is -0.234. The number of hydrogen-bond donors (Lipinski definition) is 1. The number of nitrogens with zero attached hydrogens (tertiary/aromatic N) is 5. The summed E-state index contributed by atoms with van der Waals surface area (Å²) >= 11 is 0. The summed E-state index contributed by atoms with van der Waals surface area (Å²) in [6.45, 7) is 4.84. The standard InChI is InChI=1S/C29H28N6O2/c1-3-20(17-30)29(36)34-14-7-8-21(18-34)28-33-25(26-27(31)32-13-15-35(26)28)24-12-11-23(16-19(24)2)37-22-9-5-4-6-10-22/h3-6,9-13,15-16,21H,7-8,14,18H2,1-2H3,(H2,31,32)/b20-3+/t21-/m1/s1. The van der Waals surface area contributed by atoms with Crippen LogP contribution in [0.5, 0.6) is 11.5 Å². The maximum absolute atomic E-state index is 12.9. The van der Waals surface area contributed by atoms with Crippen LogP contribution < -0.4 is 10.5 Å². The van der Waals surface area contributed by atoms with E-state index >= 15 is 0 Å². The van der Waals surface area contributed by atoms with Gasteiger partial charge in [0.15, 0.2) is 0 Å². The molecule has 1 aliphatic rings. The number of benzene rings is 2. The van der Waals surface area contributed by atoms with Crippen LogP contribution in [0.1, 0.15) is 37.1 Å². The Hall–Kier alpha value is -4.64. The summed E-state index contributed by atoms with van der Waals surface area (Å²) in [6, 6.07) is 17.6. The van der Waals surface area contributed by atoms with Crippen LogP contribution in [0.25, 0.3) is 16.8 Å². The normalized spacial score (nSPS) is 16.0. The Labute approximate surface area is 215 Å². The van der Waals surface area contributed by atoms with Crippen molar-refractivity contribution in [2.75, 3.05) is 18.8 Å². The third-order valence-corrected chi connectivity index (χ3v) is 6.76. The van der Waals surface area contributed by atoms with Gasteiger partial charge in [-0.2, -0.15) is 5.26 Å². The Balaban J connectivity index is 1.52. The summed E-state index contributed by atoms with van der Waals surface area (Å²) in [4.78, 5) is 24.0. The van der Waals surface area contributed by atoms with Gasteiger partial charge in [0.25, 0.3) is 5.91 Å². The monoisotopic (exact) mass is 492 g/mol. The van der Waals surface area contributed by atoms with E-state index in [9.17, 15) is 10.1 Å². The number of amides is 1. The second-order valence-corrected chi connectivity index (χ2v) is 9.15. The predicted octanol–water partition coefficient (Wildman–Crippen LogP) is 5.26. The first-order valence-electron chi connectivity index (χ1n) is 12.3. The lowest BCUT2D eigenvalue weighted by atomic mass is 9.96. The van der Waals surface area contributed by atoms with E-state index in [1.165, 1.54) is 0 Å². The Bertz CT molecular complexity index is 1530. The quantitative estimate of drug-likeness (QED) is 0.301. The second-order valence-electron chi connectivity index (χ2n) is 9.15. The van der Waals surface area contributed by atoms with Gasteiger partial charge in [-0.25, -0.2) is 9.97 Å². The van der Waals surface area contributed by atoms with Gasteiger partial charge in [0, 0.05) is 37.0 Å². The number of ether oxygens (including phenoxy) is 1. The van der Waals surface area contributed by atoms with Gasteiger partial charge in [-0.15, -0.1) is 0 Å². The molecular formula is C29H28N6O2. The highest BCUT2D eigenvalue weighted by atomic mass is 16.5. The van der Waals surface area contributed by atoms with Gasteiger partial charge >= 0.3 is 0 Å². The number of imidazole rings is 1. The first-order chi connectivity index (χ1) is 18.0. The smallest absolute Gasteiger partial charge is 0.264 e. The number of nitrogens with two attached hydrogens (primary N) is 1. The van der Waals surface area contributed by atoms with Crippen LogP contribution in [0.15, 0.2) is 72.6 Å². The summed E-state index contributed by atoms with van der Waals surface area (Å²) in [5.41, 5.74) is 9.95. The minimum absolute atomic E-state index is 0.00135. The van der Waals surface area contributed by atoms with Crippen LogP contribution in [0.2, 0.25) is 0 Å². The van der Waals surface area contributed by atoms with E-state index in [2.05, 4.69) is 4.98 Å². The molecule has 8 nitrogen and oxygen atoms in total. The van der Waals surface area contributed by atoms with E-state index in [-0.39, 0.29) is 17.4 Å². The van der Waals surface area contributed by atoms with Crippen molar-refractivity contribution in [1.82, 2.24) is 19.3 Å². The molecule has 1 amide bonds. The summed E-state index contributed by atoms with van der Waals surface area (Å²) in [5.74, 6) is 2.50. The Kier molecular flexibility index (Phi) is 6.60. The molecule has 2 N–H and O–H groups in total. The Morgan fingerprint density at radius 2 is 2.03 bits per heavy atom. The first kappa shape index (κ1) is 24.1. The highest BCUT2D eigenvalue weighted by Crippen LogP contribution is 2.36. The number of piperidine rings is 1. The lowest BCUT2D eigenvalue weighted by molar-refractivity contribution is -0.127. The van der Waals surface area contributed by atoms with Gasteiger partial charge in [-0.05, 0) is 62.6 Å². The minimum Gasteiger partial charge on any atom is -0.457 e. The molecule has 0 unspecified atom stereocenters. The number of allylic oxidation sites excluding steroid dienone is 1. The van der Waals surface area contributed by atoms with Crippen LogP contribution in [0, 0.1) is 18.3 Å². The third-order valence-electron chi connectivity index (χ3n) is 6.76.